The number of ether oxygens (including phenoxy) is 1. The van der Waals surface area contributed by atoms with Gasteiger partial charge in [-0.15, -0.1) is 0 Å². The van der Waals surface area contributed by atoms with E-state index >= 15 is 0 Å². The average Bonchev–Trinajstić information content (AvgIpc) is 3.41. The van der Waals surface area contributed by atoms with Gasteiger partial charge >= 0.3 is 0 Å². The predicted molar refractivity (Wildman–Crippen MR) is 166 cm³/mol. The van der Waals surface area contributed by atoms with Crippen molar-refractivity contribution in [2.24, 2.45) is 24.6 Å². The Labute approximate surface area is 249 Å². The van der Waals surface area contributed by atoms with Gasteiger partial charge in [-0.3, -0.25) is 4.79 Å². The van der Waals surface area contributed by atoms with Gasteiger partial charge in [-0.05, 0) is 80.0 Å². The highest BCUT2D eigenvalue weighted by Gasteiger charge is 2.47. The number of methoxy groups -OCH3 is 1. The molecule has 220 valence electrons. The number of nitrogens with zero attached hydrogens (tertiary/aromatic N) is 5. The van der Waals surface area contributed by atoms with Crippen LogP contribution in [0.4, 0.5) is 11.5 Å². The Morgan fingerprint density at radius 1 is 1.09 bits per heavy atom. The van der Waals surface area contributed by atoms with Gasteiger partial charge in [0.05, 0.1) is 18.3 Å². The maximum atomic E-state index is 13.7. The fourth-order valence-electron chi connectivity index (χ4n) is 7.12. The van der Waals surface area contributed by atoms with Gasteiger partial charge in [0.2, 0.25) is 0 Å². The maximum absolute atomic E-state index is 13.7. The van der Waals surface area contributed by atoms with E-state index in [4.69, 9.17) is 20.4 Å². The largest absolute Gasteiger partial charge is 0.508 e. The Morgan fingerprint density at radius 3 is 2.67 bits per heavy atom. The van der Waals surface area contributed by atoms with Crippen LogP contribution in [0.5, 0.6) is 11.5 Å². The van der Waals surface area contributed by atoms with E-state index in [0.717, 1.165) is 65.2 Å². The maximum Gasteiger partial charge on any atom is 0.254 e. The summed E-state index contributed by atoms with van der Waals surface area (Å²) in [5, 5.41) is 14.2. The lowest BCUT2D eigenvalue weighted by Gasteiger charge is -2.27. The molecule has 2 saturated carbocycles. The molecule has 5 aromatic rings. The molecule has 0 radical (unpaired) electrons. The summed E-state index contributed by atoms with van der Waals surface area (Å²) < 4.78 is 10.2. The summed E-state index contributed by atoms with van der Waals surface area (Å²) in [6, 6.07) is 17.1. The third-order valence-electron chi connectivity index (χ3n) is 9.54. The number of hydrogen-bond donors (Lipinski definition) is 3. The van der Waals surface area contributed by atoms with Crippen molar-refractivity contribution in [3.8, 4) is 23.0 Å². The highest BCUT2D eigenvalue weighted by molar-refractivity contribution is 6.00. The van der Waals surface area contributed by atoms with E-state index in [-0.39, 0.29) is 23.7 Å². The molecule has 43 heavy (non-hydrogen) atoms. The molecule has 8 rings (SSSR count). The molecular formula is C33H35N7O3. The van der Waals surface area contributed by atoms with Gasteiger partial charge in [0.25, 0.3) is 5.91 Å². The number of phenols is 1. The van der Waals surface area contributed by atoms with E-state index < -0.39 is 0 Å². The minimum absolute atomic E-state index is 0.00568. The number of likely N-dealkylation sites (tertiary alicyclic amines) is 1. The van der Waals surface area contributed by atoms with Gasteiger partial charge in [-0.25, -0.2) is 9.97 Å². The zero-order chi connectivity index (χ0) is 29.4. The summed E-state index contributed by atoms with van der Waals surface area (Å²) in [6.07, 6.45) is 4.46. The number of anilines is 2. The molecule has 2 aromatic carbocycles. The molecule has 3 fully saturated rings. The third-order valence-corrected chi connectivity index (χ3v) is 9.54. The molecule has 0 spiro atoms. The number of pyridine rings is 1. The number of rotatable bonds is 7. The van der Waals surface area contributed by atoms with E-state index in [1.165, 1.54) is 12.8 Å². The van der Waals surface area contributed by atoms with Crippen molar-refractivity contribution >= 4 is 39.5 Å². The molecule has 3 atom stereocenters. The fraction of sp³-hybridized carbons (Fsp3) is 0.364. The zero-order valence-corrected chi connectivity index (χ0v) is 24.3. The van der Waals surface area contributed by atoms with Gasteiger partial charge in [-0.1, -0.05) is 6.07 Å². The molecule has 4 N–H and O–H groups in total. The Hall–Kier alpha value is -4.57. The number of aromatic nitrogens is 4. The van der Waals surface area contributed by atoms with Crippen LogP contribution in [0.2, 0.25) is 0 Å². The molecule has 4 heterocycles. The van der Waals surface area contributed by atoms with Crippen molar-refractivity contribution in [2.45, 2.75) is 44.3 Å². The number of carbonyl (C=O) groups excluding carboxylic acids is 1. The van der Waals surface area contributed by atoms with Crippen LogP contribution in [0.1, 0.15) is 36.0 Å². The van der Waals surface area contributed by atoms with Gasteiger partial charge < -0.3 is 34.9 Å². The molecule has 1 amide bonds. The van der Waals surface area contributed by atoms with E-state index in [0.29, 0.717) is 29.0 Å². The number of fused-ring (bicyclic) bond motifs is 4. The minimum Gasteiger partial charge on any atom is -0.508 e. The predicted octanol–water partition coefficient (Wildman–Crippen LogP) is 5.02. The second-order valence-corrected chi connectivity index (χ2v) is 12.3. The monoisotopic (exact) mass is 577 g/mol. The fourth-order valence-corrected chi connectivity index (χ4v) is 7.12. The topological polar surface area (TPSA) is 123 Å². The first kappa shape index (κ1) is 26.1. The van der Waals surface area contributed by atoms with E-state index in [1.54, 1.807) is 25.3 Å². The SMILES string of the molecule is COc1cc(C(=O)N2CC3CCC2[C@@H]3N)cc2nc(-c3cc4ccc(Nc5cccc(O)c5)nc4n3CC3CC3)n(C)c12. The van der Waals surface area contributed by atoms with E-state index in [2.05, 4.69) is 26.6 Å². The molecule has 1 aliphatic heterocycles. The standard InChI is InChI=1S/C33H35N7O3/c1-38-30-24(12-21(14-27(30)43-2)33(42)40-17-20-8-10-25(40)29(20)34)36-32(38)26-13-19-9-11-28(35-22-4-3-5-23(41)15-22)37-31(19)39(26)16-18-6-7-18/h3-5,9,11-15,18,20,25,29,41H,6-8,10,16-17,34H2,1-2H3,(H,35,37)/t20?,25?,29-/m1/s1. The van der Waals surface area contributed by atoms with Crippen molar-refractivity contribution in [1.29, 1.82) is 0 Å². The molecule has 1 saturated heterocycles. The Bertz CT molecular complexity index is 1910. The number of nitrogens with one attached hydrogen (secondary N) is 1. The average molecular weight is 578 g/mol. The summed E-state index contributed by atoms with van der Waals surface area (Å²) in [4.78, 5) is 25.7. The zero-order valence-electron chi connectivity index (χ0n) is 24.3. The second-order valence-electron chi connectivity index (χ2n) is 12.3. The smallest absolute Gasteiger partial charge is 0.254 e. The van der Waals surface area contributed by atoms with Gasteiger partial charge in [0.1, 0.15) is 28.5 Å². The minimum atomic E-state index is -0.00568. The number of aromatic hydroxyl groups is 1. The van der Waals surface area contributed by atoms with Crippen LogP contribution in [-0.2, 0) is 13.6 Å². The molecule has 2 unspecified atom stereocenters. The lowest BCUT2D eigenvalue weighted by atomic mass is 10.1. The highest BCUT2D eigenvalue weighted by atomic mass is 16.5. The van der Waals surface area contributed by atoms with Crippen molar-refractivity contribution in [1.82, 2.24) is 24.0 Å². The Morgan fingerprint density at radius 2 is 1.95 bits per heavy atom. The van der Waals surface area contributed by atoms with Gasteiger partial charge in [0.15, 0.2) is 5.82 Å². The van der Waals surface area contributed by atoms with Gasteiger partial charge in [-0.2, -0.15) is 0 Å². The highest BCUT2D eigenvalue weighted by Crippen LogP contribution is 2.40. The van der Waals surface area contributed by atoms with Crippen LogP contribution in [-0.4, -0.2) is 60.8 Å². The Balaban J connectivity index is 1.21. The number of carbonyl (C=O) groups is 1. The van der Waals surface area contributed by atoms with Crippen molar-refractivity contribution in [3.05, 3.63) is 60.2 Å². The molecule has 10 heteroatoms. The number of hydrogen-bond acceptors (Lipinski definition) is 7. The number of aryl methyl sites for hydroxylation is 1. The van der Waals surface area contributed by atoms with E-state index in [9.17, 15) is 9.90 Å². The van der Waals surface area contributed by atoms with Crippen LogP contribution in [0.15, 0.2) is 54.6 Å². The Kier molecular flexibility index (Phi) is 5.91. The van der Waals surface area contributed by atoms with Crippen molar-refractivity contribution < 1.29 is 14.6 Å². The molecular weight excluding hydrogens is 542 g/mol. The van der Waals surface area contributed by atoms with E-state index in [1.807, 2.05) is 36.2 Å². The number of benzene rings is 2. The first-order valence-electron chi connectivity index (χ1n) is 15.1. The number of piperidine rings is 1. The van der Waals surface area contributed by atoms with Crippen LogP contribution in [0, 0.1) is 11.8 Å². The molecule has 2 aliphatic carbocycles. The molecule has 2 bridgehead atoms. The number of phenolic OH excluding ortho intramolecular Hbond substituents is 1. The van der Waals surface area contributed by atoms with Gasteiger partial charge in [0, 0.05) is 54.9 Å². The molecule has 10 nitrogen and oxygen atoms in total. The normalized spacial score (nSPS) is 21.3. The first-order valence-corrected chi connectivity index (χ1v) is 15.1. The summed E-state index contributed by atoms with van der Waals surface area (Å²) >= 11 is 0. The lowest BCUT2D eigenvalue weighted by Crippen LogP contribution is -2.41. The number of imidazole rings is 1. The summed E-state index contributed by atoms with van der Waals surface area (Å²) in [6.45, 7) is 1.57. The summed E-state index contributed by atoms with van der Waals surface area (Å²) in [5.74, 6) is 3.30. The quantitative estimate of drug-likeness (QED) is 0.248. The molecule has 3 aliphatic rings. The van der Waals surface area contributed by atoms with Crippen LogP contribution in [0.3, 0.4) is 0 Å². The lowest BCUT2D eigenvalue weighted by molar-refractivity contribution is 0.0700. The first-order chi connectivity index (χ1) is 20.9. The molecule has 3 aromatic heterocycles. The number of amides is 1. The third kappa shape index (κ3) is 4.31. The van der Waals surface area contributed by atoms with Crippen LogP contribution >= 0.6 is 0 Å². The van der Waals surface area contributed by atoms with Crippen molar-refractivity contribution in [3.63, 3.8) is 0 Å². The second kappa shape index (κ2) is 9.74. The summed E-state index contributed by atoms with van der Waals surface area (Å²) in [7, 11) is 3.63. The van der Waals surface area contributed by atoms with Crippen LogP contribution < -0.4 is 15.8 Å². The van der Waals surface area contributed by atoms with Crippen molar-refractivity contribution in [2.75, 3.05) is 19.0 Å². The summed E-state index contributed by atoms with van der Waals surface area (Å²) in [5.41, 5.74) is 11.2. The number of nitrogens with two attached hydrogens (primary N) is 1. The van der Waals surface area contributed by atoms with Crippen LogP contribution in [0.25, 0.3) is 33.6 Å².